The van der Waals surface area contributed by atoms with Crippen molar-refractivity contribution in [1.29, 1.82) is 0 Å². The van der Waals surface area contributed by atoms with Crippen molar-refractivity contribution < 1.29 is 4.79 Å². The number of benzene rings is 2. The van der Waals surface area contributed by atoms with Crippen LogP contribution >= 0.6 is 0 Å². The molecule has 0 radical (unpaired) electrons. The second-order valence-electron chi connectivity index (χ2n) is 10.3. The number of aryl methyl sites for hydroxylation is 2. The van der Waals surface area contributed by atoms with Crippen LogP contribution in [0, 0.1) is 13.8 Å². The Morgan fingerprint density at radius 2 is 1.95 bits per heavy atom. The minimum atomic E-state index is -0.213. The average molecular weight is 511 g/mol. The molecule has 0 aliphatic carbocycles. The van der Waals surface area contributed by atoms with Crippen LogP contribution in [0.25, 0.3) is 27.8 Å². The normalized spacial score (nSPS) is 15.3. The van der Waals surface area contributed by atoms with Gasteiger partial charge in [0, 0.05) is 43.5 Å². The molecule has 0 spiro atoms. The molecule has 5 rings (SSSR count). The van der Waals surface area contributed by atoms with Crippen molar-refractivity contribution in [2.24, 2.45) is 0 Å². The van der Waals surface area contributed by atoms with Crippen LogP contribution in [0.3, 0.4) is 0 Å². The van der Waals surface area contributed by atoms with Crippen LogP contribution in [0.15, 0.2) is 59.8 Å². The maximum Gasteiger partial charge on any atom is 0.267 e. The molecule has 1 aliphatic heterocycles. The molecule has 196 valence electrons. The molecule has 1 saturated heterocycles. The Bertz CT molecular complexity index is 1530. The first-order chi connectivity index (χ1) is 18.3. The number of hydrogen-bond acceptors (Lipinski definition) is 6. The van der Waals surface area contributed by atoms with Gasteiger partial charge in [-0.2, -0.15) is 0 Å². The lowest BCUT2D eigenvalue weighted by atomic mass is 9.96. The summed E-state index contributed by atoms with van der Waals surface area (Å²) in [4.78, 5) is 37.8. The van der Waals surface area contributed by atoms with Crippen LogP contribution in [0.2, 0.25) is 0 Å². The van der Waals surface area contributed by atoms with Crippen molar-refractivity contribution in [3.63, 3.8) is 0 Å². The van der Waals surface area contributed by atoms with E-state index in [2.05, 4.69) is 64.6 Å². The van der Waals surface area contributed by atoms with Crippen LogP contribution in [0.4, 0.5) is 0 Å². The Labute approximate surface area is 222 Å². The standard InChI is InChI=1S/C30H34N6O2/c1-19-11-20(2)13-22(12-19)25-15-33-28-27(26(25)17-35(4)16-23-8-6-10-32-23)30(38)36(18-34-28)24-9-5-7-21(14-24)29(37)31-3/h5,7,9,11-15,18,23,32H,6,8,10,16-17H2,1-4H3,(H,31,37)/t23-/m0/s1. The highest BCUT2D eigenvalue weighted by Gasteiger charge is 2.21. The van der Waals surface area contributed by atoms with Gasteiger partial charge in [0.1, 0.15) is 6.33 Å². The maximum absolute atomic E-state index is 14.1. The highest BCUT2D eigenvalue weighted by Crippen LogP contribution is 2.30. The predicted molar refractivity (Wildman–Crippen MR) is 151 cm³/mol. The number of pyridine rings is 1. The lowest BCUT2D eigenvalue weighted by molar-refractivity contribution is 0.0963. The molecule has 2 aromatic heterocycles. The summed E-state index contributed by atoms with van der Waals surface area (Å²) in [6.07, 6.45) is 5.68. The lowest BCUT2D eigenvalue weighted by Crippen LogP contribution is -2.35. The van der Waals surface area contributed by atoms with Gasteiger partial charge in [-0.25, -0.2) is 9.97 Å². The fourth-order valence-electron chi connectivity index (χ4n) is 5.44. The first-order valence-electron chi connectivity index (χ1n) is 13.1. The van der Waals surface area contributed by atoms with Gasteiger partial charge in [-0.05, 0) is 69.6 Å². The minimum absolute atomic E-state index is 0.204. The summed E-state index contributed by atoms with van der Waals surface area (Å²) in [6.45, 7) is 6.68. The number of aromatic nitrogens is 3. The zero-order valence-corrected chi connectivity index (χ0v) is 22.4. The third kappa shape index (κ3) is 5.23. The molecule has 0 unspecified atom stereocenters. The summed E-state index contributed by atoms with van der Waals surface area (Å²) >= 11 is 0. The van der Waals surface area contributed by atoms with Gasteiger partial charge < -0.3 is 15.5 Å². The van der Waals surface area contributed by atoms with E-state index in [1.54, 1.807) is 31.3 Å². The zero-order chi connectivity index (χ0) is 26.8. The van der Waals surface area contributed by atoms with E-state index in [1.165, 1.54) is 17.3 Å². The Morgan fingerprint density at radius 1 is 1.16 bits per heavy atom. The quantitative estimate of drug-likeness (QED) is 0.395. The van der Waals surface area contributed by atoms with Gasteiger partial charge in [0.2, 0.25) is 0 Å². The molecule has 0 saturated carbocycles. The summed E-state index contributed by atoms with van der Waals surface area (Å²) in [6, 6.07) is 13.9. The summed E-state index contributed by atoms with van der Waals surface area (Å²) in [7, 11) is 3.68. The van der Waals surface area contributed by atoms with E-state index in [0.717, 1.165) is 47.3 Å². The Morgan fingerprint density at radius 3 is 2.66 bits per heavy atom. The van der Waals surface area contributed by atoms with Crippen molar-refractivity contribution in [3.8, 4) is 16.8 Å². The Kier molecular flexibility index (Phi) is 7.35. The summed E-state index contributed by atoms with van der Waals surface area (Å²) in [5.41, 5.74) is 6.47. The number of carbonyl (C=O) groups excluding carboxylic acids is 1. The summed E-state index contributed by atoms with van der Waals surface area (Å²) in [5.74, 6) is -0.213. The van der Waals surface area contributed by atoms with E-state index >= 15 is 0 Å². The highest BCUT2D eigenvalue weighted by atomic mass is 16.1. The predicted octanol–water partition coefficient (Wildman–Crippen LogP) is 3.61. The number of hydrogen-bond donors (Lipinski definition) is 2. The molecule has 0 bridgehead atoms. The van der Waals surface area contributed by atoms with Crippen molar-refractivity contribution in [2.75, 3.05) is 27.2 Å². The van der Waals surface area contributed by atoms with E-state index in [1.807, 2.05) is 6.20 Å². The van der Waals surface area contributed by atoms with Gasteiger partial charge in [0.15, 0.2) is 5.65 Å². The molecule has 3 heterocycles. The molecule has 4 aromatic rings. The number of amides is 1. The molecule has 8 heteroatoms. The first-order valence-corrected chi connectivity index (χ1v) is 13.1. The highest BCUT2D eigenvalue weighted by molar-refractivity contribution is 5.94. The van der Waals surface area contributed by atoms with E-state index in [4.69, 9.17) is 0 Å². The molecule has 8 nitrogen and oxygen atoms in total. The van der Waals surface area contributed by atoms with Crippen LogP contribution in [0.5, 0.6) is 0 Å². The first kappa shape index (κ1) is 25.8. The van der Waals surface area contributed by atoms with Crippen molar-refractivity contribution >= 4 is 16.9 Å². The number of nitrogens with zero attached hydrogens (tertiary/aromatic N) is 4. The lowest BCUT2D eigenvalue weighted by Gasteiger charge is -2.23. The number of nitrogens with one attached hydrogen (secondary N) is 2. The fraction of sp³-hybridized carbons (Fsp3) is 0.333. The molecule has 1 fully saturated rings. The smallest absolute Gasteiger partial charge is 0.267 e. The molecular formula is C30H34N6O2. The minimum Gasteiger partial charge on any atom is -0.355 e. The van der Waals surface area contributed by atoms with Crippen molar-refractivity contribution in [2.45, 2.75) is 39.3 Å². The summed E-state index contributed by atoms with van der Waals surface area (Å²) < 4.78 is 1.50. The largest absolute Gasteiger partial charge is 0.355 e. The molecule has 2 N–H and O–H groups in total. The average Bonchev–Trinajstić information content (AvgIpc) is 3.40. The van der Waals surface area contributed by atoms with Gasteiger partial charge in [0.05, 0.1) is 11.1 Å². The van der Waals surface area contributed by atoms with E-state index in [0.29, 0.717) is 34.9 Å². The topological polar surface area (TPSA) is 92.2 Å². The molecular weight excluding hydrogens is 476 g/mol. The van der Waals surface area contributed by atoms with Gasteiger partial charge in [0.25, 0.3) is 11.5 Å². The fourth-order valence-corrected chi connectivity index (χ4v) is 5.44. The van der Waals surface area contributed by atoms with Gasteiger partial charge in [-0.1, -0.05) is 35.4 Å². The van der Waals surface area contributed by atoms with E-state index in [9.17, 15) is 9.59 Å². The number of likely N-dealkylation sites (N-methyl/N-ethyl adjacent to an activating group) is 1. The van der Waals surface area contributed by atoms with Gasteiger partial charge >= 0.3 is 0 Å². The third-order valence-electron chi connectivity index (χ3n) is 7.16. The van der Waals surface area contributed by atoms with E-state index in [-0.39, 0.29) is 11.5 Å². The van der Waals surface area contributed by atoms with Crippen LogP contribution in [0.1, 0.15) is 39.9 Å². The van der Waals surface area contributed by atoms with Crippen molar-refractivity contribution in [1.82, 2.24) is 30.1 Å². The van der Waals surface area contributed by atoms with Crippen molar-refractivity contribution in [3.05, 3.63) is 87.6 Å². The van der Waals surface area contributed by atoms with Gasteiger partial charge in [-0.3, -0.25) is 14.2 Å². The number of rotatable bonds is 7. The number of carbonyl (C=O) groups is 1. The summed E-state index contributed by atoms with van der Waals surface area (Å²) in [5, 5.41) is 6.71. The molecule has 38 heavy (non-hydrogen) atoms. The van der Waals surface area contributed by atoms with Crippen LogP contribution < -0.4 is 16.2 Å². The van der Waals surface area contributed by atoms with Crippen LogP contribution in [-0.2, 0) is 6.54 Å². The Hall–Kier alpha value is -3.88. The molecule has 1 amide bonds. The molecule has 2 aromatic carbocycles. The maximum atomic E-state index is 14.1. The van der Waals surface area contributed by atoms with E-state index < -0.39 is 0 Å². The third-order valence-corrected chi connectivity index (χ3v) is 7.16. The molecule has 1 atom stereocenters. The second kappa shape index (κ2) is 10.8. The number of fused-ring (bicyclic) bond motifs is 1. The SMILES string of the molecule is CNC(=O)c1cccc(-n2cnc3ncc(-c4cc(C)cc(C)c4)c(CN(C)C[C@@H]4CCCN4)c3c2=O)c1. The Balaban J connectivity index is 1.69. The monoisotopic (exact) mass is 510 g/mol. The zero-order valence-electron chi connectivity index (χ0n) is 22.4. The van der Waals surface area contributed by atoms with Crippen LogP contribution in [-0.4, -0.2) is 58.6 Å². The molecule has 1 aliphatic rings. The second-order valence-corrected chi connectivity index (χ2v) is 10.3. The van der Waals surface area contributed by atoms with Gasteiger partial charge in [-0.15, -0.1) is 0 Å².